The van der Waals surface area contributed by atoms with Crippen molar-refractivity contribution in [2.45, 2.75) is 44.6 Å². The lowest BCUT2D eigenvalue weighted by atomic mass is 9.94. The van der Waals surface area contributed by atoms with Crippen molar-refractivity contribution in [2.75, 3.05) is 0 Å². The molecule has 2 N–H and O–H groups in total. The standard InChI is InChI=1S/C14H19Cl2N/c15-13-6-3-7-14(16)12(13)9-11(17)8-10-4-1-2-5-10/h3,6-7,10-11H,1-2,4-5,8-9,17H2. The predicted octanol–water partition coefficient (Wildman–Crippen LogP) is 4.44. The van der Waals surface area contributed by atoms with Crippen molar-refractivity contribution in [2.24, 2.45) is 11.7 Å². The van der Waals surface area contributed by atoms with Gasteiger partial charge in [-0.2, -0.15) is 0 Å². The van der Waals surface area contributed by atoms with Crippen LogP contribution in [0.15, 0.2) is 18.2 Å². The summed E-state index contributed by atoms with van der Waals surface area (Å²) in [5, 5.41) is 1.47. The van der Waals surface area contributed by atoms with E-state index in [1.165, 1.54) is 25.7 Å². The van der Waals surface area contributed by atoms with Gasteiger partial charge < -0.3 is 5.73 Å². The number of hydrogen-bond acceptors (Lipinski definition) is 1. The first-order chi connectivity index (χ1) is 8.16. The highest BCUT2D eigenvalue weighted by Gasteiger charge is 2.19. The van der Waals surface area contributed by atoms with Crippen molar-refractivity contribution >= 4 is 23.2 Å². The second-order valence-electron chi connectivity index (χ2n) is 5.05. The molecule has 0 spiro atoms. The molecule has 94 valence electrons. The molecule has 1 unspecified atom stereocenters. The Morgan fingerprint density at radius 3 is 2.35 bits per heavy atom. The Kier molecular flexibility index (Phi) is 4.72. The molecule has 1 fully saturated rings. The Labute approximate surface area is 113 Å². The first-order valence-electron chi connectivity index (χ1n) is 6.35. The molecule has 0 saturated heterocycles. The van der Waals surface area contributed by atoms with Gasteiger partial charge in [-0.15, -0.1) is 0 Å². The van der Waals surface area contributed by atoms with E-state index in [-0.39, 0.29) is 6.04 Å². The fourth-order valence-corrected chi connectivity index (χ4v) is 3.30. The van der Waals surface area contributed by atoms with Gasteiger partial charge in [0.2, 0.25) is 0 Å². The summed E-state index contributed by atoms with van der Waals surface area (Å²) < 4.78 is 0. The maximum Gasteiger partial charge on any atom is 0.0453 e. The van der Waals surface area contributed by atoms with Gasteiger partial charge in [-0.1, -0.05) is 55.0 Å². The molecular weight excluding hydrogens is 253 g/mol. The molecule has 3 heteroatoms. The highest BCUT2D eigenvalue weighted by molar-refractivity contribution is 6.35. The van der Waals surface area contributed by atoms with E-state index in [0.29, 0.717) is 0 Å². The lowest BCUT2D eigenvalue weighted by molar-refractivity contribution is 0.440. The van der Waals surface area contributed by atoms with Gasteiger partial charge >= 0.3 is 0 Å². The molecule has 1 aromatic rings. The van der Waals surface area contributed by atoms with Crippen molar-refractivity contribution < 1.29 is 0 Å². The molecule has 1 aliphatic rings. The molecule has 0 aromatic heterocycles. The molecule has 0 radical (unpaired) electrons. The zero-order valence-corrected chi connectivity index (χ0v) is 11.5. The molecule has 0 aliphatic heterocycles. The SMILES string of the molecule is NC(Cc1c(Cl)cccc1Cl)CC1CCCC1. The molecular formula is C14H19Cl2N. The van der Waals surface area contributed by atoms with E-state index in [1.807, 2.05) is 18.2 Å². The Balaban J connectivity index is 1.95. The van der Waals surface area contributed by atoms with E-state index in [9.17, 15) is 0 Å². The Bertz CT molecular complexity index is 352. The topological polar surface area (TPSA) is 26.0 Å². The fourth-order valence-electron chi connectivity index (χ4n) is 2.75. The molecule has 1 aliphatic carbocycles. The van der Waals surface area contributed by atoms with E-state index < -0.39 is 0 Å². The lowest BCUT2D eigenvalue weighted by Gasteiger charge is -2.17. The Morgan fingerprint density at radius 2 is 1.76 bits per heavy atom. The largest absolute Gasteiger partial charge is 0.327 e. The highest BCUT2D eigenvalue weighted by atomic mass is 35.5. The molecule has 0 heterocycles. The van der Waals surface area contributed by atoms with Crippen molar-refractivity contribution in [3.8, 4) is 0 Å². The summed E-state index contributed by atoms with van der Waals surface area (Å²) in [7, 11) is 0. The molecule has 0 bridgehead atoms. The van der Waals surface area contributed by atoms with Crippen LogP contribution < -0.4 is 5.73 Å². The van der Waals surface area contributed by atoms with E-state index in [1.54, 1.807) is 0 Å². The van der Waals surface area contributed by atoms with E-state index in [4.69, 9.17) is 28.9 Å². The second-order valence-corrected chi connectivity index (χ2v) is 5.87. The average molecular weight is 272 g/mol. The zero-order valence-electron chi connectivity index (χ0n) is 9.96. The van der Waals surface area contributed by atoms with Crippen LogP contribution in [0.1, 0.15) is 37.7 Å². The van der Waals surface area contributed by atoms with Gasteiger partial charge in [-0.3, -0.25) is 0 Å². The molecule has 17 heavy (non-hydrogen) atoms. The van der Waals surface area contributed by atoms with Crippen LogP contribution in [-0.2, 0) is 6.42 Å². The molecule has 1 nitrogen and oxygen atoms in total. The van der Waals surface area contributed by atoms with Gasteiger partial charge in [-0.25, -0.2) is 0 Å². The number of halogens is 2. The minimum Gasteiger partial charge on any atom is -0.327 e. The number of benzene rings is 1. The zero-order chi connectivity index (χ0) is 12.3. The summed E-state index contributed by atoms with van der Waals surface area (Å²) >= 11 is 12.3. The van der Waals surface area contributed by atoms with Crippen LogP contribution in [0.2, 0.25) is 10.0 Å². The van der Waals surface area contributed by atoms with E-state index >= 15 is 0 Å². The quantitative estimate of drug-likeness (QED) is 0.861. The maximum absolute atomic E-state index is 6.21. The van der Waals surface area contributed by atoms with Gasteiger partial charge in [-0.05, 0) is 36.5 Å². The minimum absolute atomic E-state index is 0.176. The van der Waals surface area contributed by atoms with E-state index in [2.05, 4.69) is 0 Å². The summed E-state index contributed by atoms with van der Waals surface area (Å²) in [6.07, 6.45) is 7.29. The third-order valence-corrected chi connectivity index (χ3v) is 4.35. The van der Waals surface area contributed by atoms with Gasteiger partial charge in [0, 0.05) is 16.1 Å². The number of rotatable bonds is 4. The summed E-state index contributed by atoms with van der Waals surface area (Å²) in [6.45, 7) is 0. The van der Waals surface area contributed by atoms with Gasteiger partial charge in [0.25, 0.3) is 0 Å². The maximum atomic E-state index is 6.21. The molecule has 2 rings (SSSR count). The molecule has 1 aromatic carbocycles. The van der Waals surface area contributed by atoms with Crippen molar-refractivity contribution in [3.05, 3.63) is 33.8 Å². The van der Waals surface area contributed by atoms with Gasteiger partial charge in [0.15, 0.2) is 0 Å². The van der Waals surface area contributed by atoms with Crippen LogP contribution in [-0.4, -0.2) is 6.04 Å². The smallest absolute Gasteiger partial charge is 0.0453 e. The van der Waals surface area contributed by atoms with Crippen LogP contribution in [0.4, 0.5) is 0 Å². The first-order valence-corrected chi connectivity index (χ1v) is 7.11. The first kappa shape index (κ1) is 13.2. The summed E-state index contributed by atoms with van der Waals surface area (Å²) in [6, 6.07) is 5.81. The van der Waals surface area contributed by atoms with Crippen molar-refractivity contribution in [3.63, 3.8) is 0 Å². The lowest BCUT2D eigenvalue weighted by Crippen LogP contribution is -2.25. The number of nitrogens with two attached hydrogens (primary N) is 1. The summed E-state index contributed by atoms with van der Waals surface area (Å²) in [4.78, 5) is 0. The third kappa shape index (κ3) is 3.61. The Morgan fingerprint density at radius 1 is 1.18 bits per heavy atom. The van der Waals surface area contributed by atoms with Crippen LogP contribution in [0.3, 0.4) is 0 Å². The van der Waals surface area contributed by atoms with E-state index in [0.717, 1.165) is 34.4 Å². The summed E-state index contributed by atoms with van der Waals surface area (Å²) in [5.41, 5.74) is 7.21. The minimum atomic E-state index is 0.176. The van der Waals surface area contributed by atoms with Crippen molar-refractivity contribution in [1.82, 2.24) is 0 Å². The fraction of sp³-hybridized carbons (Fsp3) is 0.571. The van der Waals surface area contributed by atoms with Crippen molar-refractivity contribution in [1.29, 1.82) is 0 Å². The van der Waals surface area contributed by atoms with Crippen LogP contribution in [0.5, 0.6) is 0 Å². The Hall–Kier alpha value is -0.240. The molecule has 0 amide bonds. The van der Waals surface area contributed by atoms with Gasteiger partial charge in [0.05, 0.1) is 0 Å². The highest BCUT2D eigenvalue weighted by Crippen LogP contribution is 2.30. The van der Waals surface area contributed by atoms with Gasteiger partial charge in [0.1, 0.15) is 0 Å². The number of hydrogen-bond donors (Lipinski definition) is 1. The third-order valence-electron chi connectivity index (χ3n) is 3.64. The monoisotopic (exact) mass is 271 g/mol. The average Bonchev–Trinajstić information content (AvgIpc) is 2.76. The second kappa shape index (κ2) is 6.08. The molecule has 1 atom stereocenters. The van der Waals surface area contributed by atoms with Crippen LogP contribution in [0.25, 0.3) is 0 Å². The molecule has 1 saturated carbocycles. The normalized spacial score (nSPS) is 18.5. The predicted molar refractivity (Wildman–Crippen MR) is 74.7 cm³/mol. The summed E-state index contributed by atoms with van der Waals surface area (Å²) in [5.74, 6) is 0.811. The van der Waals surface area contributed by atoms with Crippen LogP contribution in [0, 0.1) is 5.92 Å². The van der Waals surface area contributed by atoms with Crippen LogP contribution >= 0.6 is 23.2 Å².